The number of carbonyl (C=O) groups excluding carboxylic acids is 2. The first-order valence-corrected chi connectivity index (χ1v) is 11.3. The number of fused-ring (bicyclic) bond motifs is 5. The average molecular weight is 451 g/mol. The van der Waals surface area contributed by atoms with E-state index in [0.717, 1.165) is 16.8 Å². The van der Waals surface area contributed by atoms with Gasteiger partial charge in [-0.2, -0.15) is 4.57 Å². The number of carbonyl (C=O) groups is 2. The van der Waals surface area contributed by atoms with Gasteiger partial charge in [0, 0.05) is 31.6 Å². The van der Waals surface area contributed by atoms with Gasteiger partial charge in [0.15, 0.2) is 6.20 Å². The zero-order chi connectivity index (χ0) is 23.9. The third-order valence-electron chi connectivity index (χ3n) is 6.88. The fourth-order valence-corrected chi connectivity index (χ4v) is 5.08. The van der Waals surface area contributed by atoms with E-state index >= 15 is 0 Å². The van der Waals surface area contributed by atoms with Gasteiger partial charge >= 0.3 is 11.6 Å². The topological polar surface area (TPSA) is 61.8 Å². The van der Waals surface area contributed by atoms with Crippen molar-refractivity contribution in [1.29, 1.82) is 0 Å². The molecule has 0 saturated carbocycles. The van der Waals surface area contributed by atoms with E-state index in [2.05, 4.69) is 20.8 Å². The molecular weight excluding hydrogens is 421 g/mol. The minimum Gasteiger partial charge on any atom is -0.333 e. The molecule has 8 heteroatoms. The van der Waals surface area contributed by atoms with Gasteiger partial charge in [0.25, 0.3) is 11.6 Å². The van der Waals surface area contributed by atoms with Crippen LogP contribution >= 0.6 is 0 Å². The normalized spacial score (nSPS) is 20.7. The van der Waals surface area contributed by atoms with E-state index in [4.69, 9.17) is 5.10 Å². The number of hydrogen-bond donors (Lipinski definition) is 0. The minimum atomic E-state index is -1.15. The molecule has 2 aliphatic rings. The first-order valence-electron chi connectivity index (χ1n) is 11.3. The quantitative estimate of drug-likeness (QED) is 0.564. The summed E-state index contributed by atoms with van der Waals surface area (Å²) in [5, 5.41) is 4.77. The van der Waals surface area contributed by atoms with Gasteiger partial charge in [0.1, 0.15) is 11.5 Å². The smallest absolute Gasteiger partial charge is 0.314 e. The second kappa shape index (κ2) is 6.85. The highest BCUT2D eigenvalue weighted by atomic mass is 19.1. The Morgan fingerprint density at radius 3 is 2.39 bits per heavy atom. The number of amides is 2. The second-order valence-electron chi connectivity index (χ2n) is 10.4. The number of benzene rings is 1. The van der Waals surface area contributed by atoms with Gasteiger partial charge in [0.2, 0.25) is 5.69 Å². The van der Waals surface area contributed by atoms with E-state index < -0.39 is 5.66 Å². The predicted molar refractivity (Wildman–Crippen MR) is 121 cm³/mol. The van der Waals surface area contributed by atoms with Crippen molar-refractivity contribution in [3.8, 4) is 11.3 Å². The molecular formula is C25H29FN5O2+. The van der Waals surface area contributed by atoms with Gasteiger partial charge in [-0.25, -0.2) is 4.39 Å². The molecule has 7 nitrogen and oxygen atoms in total. The lowest BCUT2D eigenvalue weighted by atomic mass is 9.87. The molecule has 0 aliphatic carbocycles. The van der Waals surface area contributed by atoms with Gasteiger partial charge in [0.05, 0.1) is 5.56 Å². The van der Waals surface area contributed by atoms with E-state index in [-0.39, 0.29) is 29.1 Å². The van der Waals surface area contributed by atoms with Gasteiger partial charge in [-0.1, -0.05) is 30.4 Å². The number of halogens is 1. The molecule has 172 valence electrons. The maximum Gasteiger partial charge on any atom is 0.314 e. The summed E-state index contributed by atoms with van der Waals surface area (Å²) in [6, 6.07) is 8.23. The van der Waals surface area contributed by atoms with E-state index in [9.17, 15) is 14.0 Å². The third-order valence-corrected chi connectivity index (χ3v) is 6.88. The van der Waals surface area contributed by atoms with E-state index in [1.165, 1.54) is 12.1 Å². The molecule has 0 spiro atoms. The first-order chi connectivity index (χ1) is 15.4. The second-order valence-corrected chi connectivity index (χ2v) is 10.4. The van der Waals surface area contributed by atoms with Crippen LogP contribution < -0.4 is 4.57 Å². The minimum absolute atomic E-state index is 0.0374. The number of rotatable bonds is 2. The van der Waals surface area contributed by atoms with Gasteiger partial charge in [-0.3, -0.25) is 14.5 Å². The SMILES string of the molecule is CC(C)N1CCN2C(=O)c3cn4nc(-c5ccc(F)cc5)cc(C(C)(C)C)c4[n+]3C2(C)C1=O. The van der Waals surface area contributed by atoms with Crippen LogP contribution in [0.4, 0.5) is 4.39 Å². The Morgan fingerprint density at radius 1 is 1.12 bits per heavy atom. The highest BCUT2D eigenvalue weighted by Crippen LogP contribution is 2.36. The molecule has 0 bridgehead atoms. The largest absolute Gasteiger partial charge is 0.333 e. The predicted octanol–water partition coefficient (Wildman–Crippen LogP) is 3.10. The number of hydrogen-bond acceptors (Lipinski definition) is 3. The molecule has 1 fully saturated rings. The Labute approximate surface area is 192 Å². The molecule has 0 N–H and O–H groups in total. The van der Waals surface area contributed by atoms with Crippen LogP contribution in [-0.2, 0) is 15.9 Å². The van der Waals surface area contributed by atoms with Crippen molar-refractivity contribution in [3.63, 3.8) is 0 Å². The van der Waals surface area contributed by atoms with Crippen LogP contribution in [0.5, 0.6) is 0 Å². The molecule has 0 radical (unpaired) electrons. The summed E-state index contributed by atoms with van der Waals surface area (Å²) in [6.45, 7) is 13.1. The van der Waals surface area contributed by atoms with Crippen molar-refractivity contribution in [2.24, 2.45) is 0 Å². The van der Waals surface area contributed by atoms with Crippen LogP contribution in [-0.4, -0.2) is 50.4 Å². The van der Waals surface area contributed by atoms with E-state index in [0.29, 0.717) is 24.5 Å². The number of imidazole rings is 1. The van der Waals surface area contributed by atoms with Crippen LogP contribution in [0.1, 0.15) is 57.6 Å². The average Bonchev–Trinajstić information content (AvgIpc) is 3.22. The van der Waals surface area contributed by atoms with Crippen molar-refractivity contribution in [2.45, 2.75) is 58.7 Å². The van der Waals surface area contributed by atoms with E-state index in [1.807, 2.05) is 36.3 Å². The highest BCUT2D eigenvalue weighted by molar-refractivity contribution is 5.99. The molecule has 33 heavy (non-hydrogen) atoms. The molecule has 2 amide bonds. The zero-order valence-corrected chi connectivity index (χ0v) is 19.9. The van der Waals surface area contributed by atoms with Crippen LogP contribution in [0, 0.1) is 5.82 Å². The van der Waals surface area contributed by atoms with Crippen molar-refractivity contribution < 1.29 is 18.5 Å². The fourth-order valence-electron chi connectivity index (χ4n) is 5.08. The maximum atomic E-state index is 13.7. The lowest BCUT2D eigenvalue weighted by Crippen LogP contribution is -2.72. The van der Waals surface area contributed by atoms with Crippen LogP contribution in [0.3, 0.4) is 0 Å². The molecule has 1 atom stereocenters. The molecule has 1 aromatic carbocycles. The van der Waals surface area contributed by atoms with Crippen molar-refractivity contribution in [1.82, 2.24) is 19.4 Å². The van der Waals surface area contributed by atoms with Crippen LogP contribution in [0.15, 0.2) is 36.5 Å². The van der Waals surface area contributed by atoms with Crippen LogP contribution in [0.2, 0.25) is 0 Å². The monoisotopic (exact) mass is 450 g/mol. The summed E-state index contributed by atoms with van der Waals surface area (Å²) >= 11 is 0. The summed E-state index contributed by atoms with van der Waals surface area (Å²) in [5.41, 5.74) is 2.12. The molecule has 2 aliphatic heterocycles. The molecule has 5 rings (SSSR count). The first kappa shape index (κ1) is 21.6. The standard InChI is InChI=1S/C25H29FN5O2/c1-15(2)28-11-12-29-22(32)20-14-30-21(31(20)25(29,6)23(28)33)18(24(3,4)5)13-19(27-30)16-7-9-17(26)10-8-16/h7-10,13-15H,11-12H2,1-6H3/q+1. The molecule has 3 aromatic rings. The van der Waals surface area contributed by atoms with Gasteiger partial charge in [-0.05, 0) is 49.6 Å². The number of aromatic nitrogens is 3. The summed E-state index contributed by atoms with van der Waals surface area (Å²) in [5.74, 6) is -0.560. The molecule has 2 aromatic heterocycles. The molecule has 1 unspecified atom stereocenters. The fraction of sp³-hybridized carbons (Fsp3) is 0.440. The van der Waals surface area contributed by atoms with E-state index in [1.54, 1.807) is 27.7 Å². The van der Waals surface area contributed by atoms with Crippen molar-refractivity contribution in [3.05, 3.63) is 53.6 Å². The van der Waals surface area contributed by atoms with Crippen molar-refractivity contribution >= 4 is 17.5 Å². The maximum absolute atomic E-state index is 13.7. The summed E-state index contributed by atoms with van der Waals surface area (Å²) in [4.78, 5) is 30.7. The third kappa shape index (κ3) is 2.92. The van der Waals surface area contributed by atoms with Gasteiger partial charge < -0.3 is 4.90 Å². The Kier molecular flexibility index (Phi) is 4.48. The van der Waals surface area contributed by atoms with Crippen molar-refractivity contribution in [2.75, 3.05) is 13.1 Å². The Bertz CT molecular complexity index is 1310. The van der Waals surface area contributed by atoms with Crippen LogP contribution in [0.25, 0.3) is 16.9 Å². The lowest BCUT2D eigenvalue weighted by Gasteiger charge is -2.43. The lowest BCUT2D eigenvalue weighted by molar-refractivity contribution is -0.733. The Hall–Kier alpha value is -3.29. The summed E-state index contributed by atoms with van der Waals surface area (Å²) < 4.78 is 17.1. The zero-order valence-electron chi connectivity index (χ0n) is 19.9. The molecule has 4 heterocycles. The van der Waals surface area contributed by atoms with Gasteiger partial charge in [-0.15, -0.1) is 0 Å². The summed E-state index contributed by atoms with van der Waals surface area (Å²) in [7, 11) is 0. The Balaban J connectivity index is 1.80. The number of piperazine rings is 1. The Morgan fingerprint density at radius 2 is 1.79 bits per heavy atom. The summed E-state index contributed by atoms with van der Waals surface area (Å²) in [6.07, 6.45) is 1.72. The number of nitrogens with zero attached hydrogens (tertiary/aromatic N) is 5. The molecule has 1 saturated heterocycles. The highest BCUT2D eigenvalue weighted by Gasteiger charge is 2.62.